The number of aromatic nitrogens is 1. The van der Waals surface area contributed by atoms with Crippen LogP contribution in [0.3, 0.4) is 0 Å². The Morgan fingerprint density at radius 2 is 1.57 bits per heavy atom. The van der Waals surface area contributed by atoms with E-state index in [2.05, 4.69) is 20.9 Å². The molecule has 1 atom stereocenters. The van der Waals surface area contributed by atoms with Gasteiger partial charge in [0.05, 0.1) is 22.9 Å². The molecule has 47 heavy (non-hydrogen) atoms. The molecule has 6 rings (SSSR count). The van der Waals surface area contributed by atoms with Crippen molar-refractivity contribution in [1.82, 2.24) is 10.3 Å². The Balaban J connectivity index is 1.12. The Hall–Kier alpha value is -5.24. The third kappa shape index (κ3) is 6.97. The van der Waals surface area contributed by atoms with E-state index in [1.165, 1.54) is 47.7 Å². The second kappa shape index (κ2) is 13.2. The van der Waals surface area contributed by atoms with Gasteiger partial charge in [0.25, 0.3) is 5.91 Å². The van der Waals surface area contributed by atoms with Gasteiger partial charge in [0.15, 0.2) is 11.6 Å². The first-order chi connectivity index (χ1) is 22.6. The normalized spacial score (nSPS) is 13.9. The summed E-state index contributed by atoms with van der Waals surface area (Å²) in [5, 5.41) is 26.2. The number of anilines is 2. The van der Waals surface area contributed by atoms with Crippen LogP contribution in [0.5, 0.6) is 11.5 Å². The molecule has 5 N–H and O–H groups in total. The Morgan fingerprint density at radius 3 is 2.23 bits per heavy atom. The van der Waals surface area contributed by atoms with Crippen molar-refractivity contribution >= 4 is 50.6 Å². The quantitative estimate of drug-likeness (QED) is 0.118. The second-order valence-corrected chi connectivity index (χ2v) is 12.1. The molecule has 5 aromatic rings. The first kappa shape index (κ1) is 31.7. The molecule has 10 nitrogen and oxygen atoms in total. The van der Waals surface area contributed by atoms with Crippen molar-refractivity contribution in [2.24, 2.45) is 5.41 Å². The first-order valence-electron chi connectivity index (χ1n) is 14.6. The number of aliphatic hydroxyl groups is 2. The summed E-state index contributed by atoms with van der Waals surface area (Å²) in [6.07, 6.45) is 1.16. The molecule has 240 valence electrons. The molecular formula is C34H28F2N4O6S. The van der Waals surface area contributed by atoms with Crippen LogP contribution in [0.2, 0.25) is 0 Å². The molecule has 2 aromatic heterocycles. The highest BCUT2D eigenvalue weighted by Crippen LogP contribution is 2.48. The fourth-order valence-corrected chi connectivity index (χ4v) is 5.87. The van der Waals surface area contributed by atoms with E-state index in [9.17, 15) is 23.9 Å². The minimum Gasteiger partial charge on any atom is -0.453 e. The lowest BCUT2D eigenvalue weighted by Crippen LogP contribution is -2.35. The van der Waals surface area contributed by atoms with E-state index in [0.717, 1.165) is 16.5 Å². The van der Waals surface area contributed by atoms with Gasteiger partial charge in [0.1, 0.15) is 17.0 Å². The fourth-order valence-electron chi connectivity index (χ4n) is 4.80. The lowest BCUT2D eigenvalue weighted by molar-refractivity contribution is -0.131. The Kier molecular flexibility index (Phi) is 8.94. The monoisotopic (exact) mass is 658 g/mol. The van der Waals surface area contributed by atoms with Crippen LogP contribution in [0.4, 0.5) is 20.2 Å². The maximum Gasteiger partial charge on any atom is 0.251 e. The highest BCUT2D eigenvalue weighted by molar-refractivity contribution is 7.22. The van der Waals surface area contributed by atoms with Crippen LogP contribution in [0, 0.1) is 17.0 Å². The molecule has 1 fully saturated rings. The summed E-state index contributed by atoms with van der Waals surface area (Å²) in [7, 11) is 0. The predicted molar refractivity (Wildman–Crippen MR) is 172 cm³/mol. The highest BCUT2D eigenvalue weighted by Gasteiger charge is 2.56. The summed E-state index contributed by atoms with van der Waals surface area (Å²) in [6, 6.07) is 19.5. The standard InChI is InChI=1S/C34H28F2N4O6S/c35-21-5-7-22(8-6-21)39-32(44)34(12-13-34)33(45)40-23-9-10-27(25(36)15-23)46-28-11-14-37-26-16-29(47-30(26)28)19-1-3-20(4-2-19)31(43)38-17-24(42)18-41/h1-11,14-16,24,41-42H,12-13,17-18H2,(H,38,43)(H,39,44)(H,40,45)/t24-/m1/s1. The van der Waals surface area contributed by atoms with Crippen molar-refractivity contribution in [1.29, 1.82) is 0 Å². The summed E-state index contributed by atoms with van der Waals surface area (Å²) < 4.78 is 35.0. The van der Waals surface area contributed by atoms with Gasteiger partial charge in [-0.15, -0.1) is 11.3 Å². The van der Waals surface area contributed by atoms with Crippen LogP contribution in [0.15, 0.2) is 85.1 Å². The zero-order chi connectivity index (χ0) is 33.1. The number of carbonyl (C=O) groups excluding carboxylic acids is 3. The largest absolute Gasteiger partial charge is 0.453 e. The number of nitrogens with zero attached hydrogens (tertiary/aromatic N) is 1. The van der Waals surface area contributed by atoms with E-state index >= 15 is 4.39 Å². The van der Waals surface area contributed by atoms with Crippen LogP contribution in [-0.4, -0.2) is 52.2 Å². The van der Waals surface area contributed by atoms with Gasteiger partial charge in [-0.25, -0.2) is 8.78 Å². The Morgan fingerprint density at radius 1 is 0.894 bits per heavy atom. The number of hydrogen-bond donors (Lipinski definition) is 5. The number of carbonyl (C=O) groups is 3. The molecule has 0 bridgehead atoms. The minimum absolute atomic E-state index is 0.0702. The lowest BCUT2D eigenvalue weighted by atomic mass is 10.0. The lowest BCUT2D eigenvalue weighted by Gasteiger charge is -2.16. The van der Waals surface area contributed by atoms with E-state index in [1.54, 1.807) is 36.5 Å². The van der Waals surface area contributed by atoms with Crippen molar-refractivity contribution in [3.05, 3.63) is 102 Å². The fraction of sp³-hybridized carbons (Fsp3) is 0.176. The molecule has 13 heteroatoms. The molecular weight excluding hydrogens is 630 g/mol. The van der Waals surface area contributed by atoms with Gasteiger partial charge in [-0.1, -0.05) is 12.1 Å². The van der Waals surface area contributed by atoms with Gasteiger partial charge in [-0.05, 0) is 73.0 Å². The molecule has 1 aliphatic rings. The SMILES string of the molecule is O=C(NC[C@@H](O)CO)c1ccc(-c2cc3nccc(Oc4ccc(NC(=O)C5(C(=O)Nc6ccc(F)cc6)CC5)cc4F)c3s2)cc1. The number of halogens is 2. The highest BCUT2D eigenvalue weighted by atomic mass is 32.1. The number of rotatable bonds is 11. The van der Waals surface area contributed by atoms with Crippen molar-refractivity contribution < 1.29 is 38.1 Å². The summed E-state index contributed by atoms with van der Waals surface area (Å²) >= 11 is 1.37. The number of amides is 3. The molecule has 3 aromatic carbocycles. The van der Waals surface area contributed by atoms with Crippen LogP contribution >= 0.6 is 11.3 Å². The summed E-state index contributed by atoms with van der Waals surface area (Å²) in [5.74, 6) is -2.36. The van der Waals surface area contributed by atoms with E-state index < -0.39 is 41.6 Å². The second-order valence-electron chi connectivity index (χ2n) is 11.0. The third-order valence-corrected chi connectivity index (χ3v) is 8.84. The Bertz CT molecular complexity index is 1960. The molecule has 0 saturated heterocycles. The number of nitrogens with one attached hydrogen (secondary N) is 3. The topological polar surface area (TPSA) is 150 Å². The zero-order valence-electron chi connectivity index (χ0n) is 24.6. The van der Waals surface area contributed by atoms with Crippen LogP contribution < -0.4 is 20.7 Å². The maximum absolute atomic E-state index is 15.2. The van der Waals surface area contributed by atoms with Crippen molar-refractivity contribution in [3.8, 4) is 21.9 Å². The van der Waals surface area contributed by atoms with E-state index in [-0.39, 0.29) is 23.9 Å². The van der Waals surface area contributed by atoms with Gasteiger partial charge >= 0.3 is 0 Å². The molecule has 2 heterocycles. The average molecular weight is 659 g/mol. The van der Waals surface area contributed by atoms with Crippen molar-refractivity contribution in [2.45, 2.75) is 18.9 Å². The number of aliphatic hydroxyl groups excluding tert-OH is 2. The molecule has 3 amide bonds. The smallest absolute Gasteiger partial charge is 0.251 e. The zero-order valence-corrected chi connectivity index (χ0v) is 25.4. The number of thiophene rings is 1. The van der Waals surface area contributed by atoms with Crippen molar-refractivity contribution in [3.63, 3.8) is 0 Å². The Labute approximate surface area is 271 Å². The molecule has 0 radical (unpaired) electrons. The van der Waals surface area contributed by atoms with E-state index in [0.29, 0.717) is 40.1 Å². The third-order valence-electron chi connectivity index (χ3n) is 7.65. The van der Waals surface area contributed by atoms with Crippen LogP contribution in [-0.2, 0) is 9.59 Å². The van der Waals surface area contributed by atoms with Gasteiger partial charge in [0, 0.05) is 46.7 Å². The first-order valence-corrected chi connectivity index (χ1v) is 15.4. The number of benzene rings is 3. The molecule has 0 aliphatic heterocycles. The van der Waals surface area contributed by atoms with Gasteiger partial charge in [-0.3, -0.25) is 19.4 Å². The summed E-state index contributed by atoms with van der Waals surface area (Å²) in [5.41, 5.74) is 1.05. The predicted octanol–water partition coefficient (Wildman–Crippen LogP) is 5.47. The molecule has 1 aliphatic carbocycles. The van der Waals surface area contributed by atoms with Gasteiger partial charge < -0.3 is 30.9 Å². The molecule has 0 spiro atoms. The number of pyridine rings is 1. The minimum atomic E-state index is -1.30. The number of hydrogen-bond acceptors (Lipinski definition) is 8. The maximum atomic E-state index is 15.2. The summed E-state index contributed by atoms with van der Waals surface area (Å²) in [6.45, 7) is -0.524. The van der Waals surface area contributed by atoms with Gasteiger partial charge in [0.2, 0.25) is 11.8 Å². The number of ether oxygens (including phenoxy) is 1. The van der Waals surface area contributed by atoms with Crippen LogP contribution in [0.1, 0.15) is 23.2 Å². The molecule has 0 unspecified atom stereocenters. The van der Waals surface area contributed by atoms with Gasteiger partial charge in [-0.2, -0.15) is 0 Å². The van der Waals surface area contributed by atoms with E-state index in [4.69, 9.17) is 9.84 Å². The number of fused-ring (bicyclic) bond motifs is 1. The molecule has 1 saturated carbocycles. The van der Waals surface area contributed by atoms with E-state index in [1.807, 2.05) is 6.07 Å². The van der Waals surface area contributed by atoms with Crippen LogP contribution in [0.25, 0.3) is 20.7 Å². The van der Waals surface area contributed by atoms with Crippen molar-refractivity contribution in [2.75, 3.05) is 23.8 Å². The average Bonchev–Trinajstić information content (AvgIpc) is 3.78. The summed E-state index contributed by atoms with van der Waals surface area (Å²) in [4.78, 5) is 43.4.